The molecule has 0 aliphatic carbocycles. The average molecular weight is 317 g/mol. The zero-order valence-electron chi connectivity index (χ0n) is 10.1. The van der Waals surface area contributed by atoms with E-state index in [-0.39, 0.29) is 10.8 Å². The van der Waals surface area contributed by atoms with Gasteiger partial charge in [0.2, 0.25) is 0 Å². The molecule has 0 bridgehead atoms. The van der Waals surface area contributed by atoms with Gasteiger partial charge in [-0.15, -0.1) is 0 Å². The Balaban J connectivity index is 2.28. The maximum Gasteiger partial charge on any atom is 0.417 e. The van der Waals surface area contributed by atoms with Crippen molar-refractivity contribution in [3.05, 3.63) is 58.6 Å². The van der Waals surface area contributed by atoms with Crippen molar-refractivity contribution in [1.29, 1.82) is 0 Å². The van der Waals surface area contributed by atoms with Gasteiger partial charge in [-0.3, -0.25) is 4.79 Å². The molecule has 1 aromatic heterocycles. The van der Waals surface area contributed by atoms with Gasteiger partial charge in [-0.2, -0.15) is 17.6 Å². The summed E-state index contributed by atoms with van der Waals surface area (Å²) in [7, 11) is 0. The number of alkyl halides is 3. The summed E-state index contributed by atoms with van der Waals surface area (Å²) in [6, 6.07) is 7.13. The normalized spacial score (nSPS) is 10.9. The number of aromatic nitrogens is 1. The van der Waals surface area contributed by atoms with Crippen LogP contribution in [0.4, 0.5) is 23.2 Å². The lowest BCUT2D eigenvalue weighted by Crippen LogP contribution is -2.15. The van der Waals surface area contributed by atoms with E-state index in [1.165, 1.54) is 6.07 Å². The minimum absolute atomic E-state index is 0.0369. The van der Waals surface area contributed by atoms with Crippen LogP contribution in [0.2, 0.25) is 5.15 Å². The van der Waals surface area contributed by atoms with Gasteiger partial charge in [-0.05, 0) is 30.3 Å². The van der Waals surface area contributed by atoms with Gasteiger partial charge in [0.15, 0.2) is 5.82 Å². The van der Waals surface area contributed by atoms with E-state index in [1.54, 1.807) is 0 Å². The number of carbonyl (C=O) groups excluding carboxylic acids is 1. The van der Waals surface area contributed by atoms with Crippen LogP contribution in [0.25, 0.3) is 0 Å². The maximum atomic E-state index is 12.6. The summed E-state index contributed by atoms with van der Waals surface area (Å²) in [6.07, 6.45) is -4.13. The lowest BCUT2D eigenvalue weighted by Gasteiger charge is -2.09. The summed E-state index contributed by atoms with van der Waals surface area (Å²) in [5.41, 5.74) is -1.52. The van der Waals surface area contributed by atoms with Crippen LogP contribution in [0.5, 0.6) is 0 Å². The van der Waals surface area contributed by atoms with Crippen LogP contribution in [0.1, 0.15) is 15.9 Å². The molecule has 1 amide bonds. The fourth-order valence-corrected chi connectivity index (χ4v) is 1.58. The maximum absolute atomic E-state index is 12.6. The minimum atomic E-state index is -4.65. The molecule has 0 unspecified atom stereocenters. The number of pyridine rings is 1. The molecular weight excluding hydrogens is 312 g/mol. The third-order valence-corrected chi connectivity index (χ3v) is 2.67. The zero-order chi connectivity index (χ0) is 15.6. The van der Waals surface area contributed by atoms with Gasteiger partial charge in [0, 0.05) is 6.20 Å². The Hall–Kier alpha value is -2.33. The molecule has 0 atom stereocenters. The second-order valence-corrected chi connectivity index (χ2v) is 4.22. The molecule has 1 aromatic carbocycles. The molecule has 0 radical (unpaired) electrons. The SMILES string of the molecule is O=C(Nc1c#cc(F)cc1)c1cc(C(F)(F)F)cnc1Cl. The van der Waals surface area contributed by atoms with E-state index in [0.29, 0.717) is 12.3 Å². The largest absolute Gasteiger partial charge is 0.417 e. The summed E-state index contributed by atoms with van der Waals surface area (Å²) >= 11 is 5.62. The van der Waals surface area contributed by atoms with Gasteiger partial charge in [-0.25, -0.2) is 4.98 Å². The third-order valence-electron chi connectivity index (χ3n) is 2.37. The van der Waals surface area contributed by atoms with Crippen LogP contribution >= 0.6 is 11.6 Å². The highest BCUT2D eigenvalue weighted by Gasteiger charge is 2.32. The molecule has 0 aliphatic rings. The summed E-state index contributed by atoms with van der Waals surface area (Å²) in [4.78, 5) is 15.2. The Morgan fingerprint density at radius 3 is 2.57 bits per heavy atom. The van der Waals surface area contributed by atoms with Crippen LogP contribution < -0.4 is 5.32 Å². The van der Waals surface area contributed by atoms with E-state index < -0.39 is 29.0 Å². The molecule has 0 spiro atoms. The van der Waals surface area contributed by atoms with Gasteiger partial charge in [0.25, 0.3) is 5.91 Å². The van der Waals surface area contributed by atoms with Gasteiger partial charge in [-0.1, -0.05) is 11.6 Å². The lowest BCUT2D eigenvalue weighted by atomic mass is 10.2. The van der Waals surface area contributed by atoms with E-state index in [9.17, 15) is 22.4 Å². The predicted molar refractivity (Wildman–Crippen MR) is 66.3 cm³/mol. The number of rotatable bonds is 2. The highest BCUT2D eigenvalue weighted by atomic mass is 35.5. The van der Waals surface area contributed by atoms with Crippen molar-refractivity contribution >= 4 is 23.2 Å². The molecule has 8 heteroatoms. The van der Waals surface area contributed by atoms with Gasteiger partial charge in [0.1, 0.15) is 5.15 Å². The molecule has 0 saturated heterocycles. The quantitative estimate of drug-likeness (QED) is 0.677. The number of anilines is 1. The van der Waals surface area contributed by atoms with Crippen molar-refractivity contribution in [3.8, 4) is 0 Å². The van der Waals surface area contributed by atoms with Crippen molar-refractivity contribution in [2.75, 3.05) is 5.32 Å². The lowest BCUT2D eigenvalue weighted by molar-refractivity contribution is -0.137. The Bertz CT molecular complexity index is 671. The monoisotopic (exact) mass is 316 g/mol. The number of amides is 1. The second-order valence-electron chi connectivity index (χ2n) is 3.86. The molecule has 2 aromatic rings. The summed E-state index contributed by atoms with van der Waals surface area (Å²) < 4.78 is 50.3. The highest BCUT2D eigenvalue weighted by Crippen LogP contribution is 2.30. The Morgan fingerprint density at radius 1 is 1.29 bits per heavy atom. The number of hydrogen-bond donors (Lipinski definition) is 1. The third kappa shape index (κ3) is 3.61. The van der Waals surface area contributed by atoms with Crippen LogP contribution in [-0.4, -0.2) is 10.9 Å². The van der Waals surface area contributed by atoms with Crippen molar-refractivity contribution in [2.24, 2.45) is 0 Å². The molecule has 21 heavy (non-hydrogen) atoms. The van der Waals surface area contributed by atoms with Crippen molar-refractivity contribution in [2.45, 2.75) is 6.18 Å². The highest BCUT2D eigenvalue weighted by molar-refractivity contribution is 6.33. The van der Waals surface area contributed by atoms with Crippen molar-refractivity contribution < 1.29 is 22.4 Å². The number of halogens is 5. The molecule has 1 heterocycles. The Morgan fingerprint density at radius 2 is 2.00 bits per heavy atom. The zero-order valence-corrected chi connectivity index (χ0v) is 10.8. The first kappa shape index (κ1) is 15.1. The number of hydrogen-bond acceptors (Lipinski definition) is 2. The van der Waals surface area contributed by atoms with E-state index in [1.807, 2.05) is 0 Å². The van der Waals surface area contributed by atoms with Gasteiger partial charge < -0.3 is 5.32 Å². The first-order chi connectivity index (χ1) is 9.77. The van der Waals surface area contributed by atoms with E-state index in [4.69, 9.17) is 11.6 Å². The molecule has 0 aliphatic heterocycles. The Labute approximate surface area is 121 Å². The number of nitrogens with zero attached hydrogens (tertiary/aromatic N) is 1. The van der Waals surface area contributed by atoms with Crippen molar-refractivity contribution in [3.63, 3.8) is 0 Å². The second kappa shape index (κ2) is 5.58. The molecule has 0 fully saturated rings. The molecular formula is C13H5ClF4N2O. The summed E-state index contributed by atoms with van der Waals surface area (Å²) in [5, 5.41) is 1.84. The number of nitrogens with one attached hydrogen (secondary N) is 1. The Kier molecular flexibility index (Phi) is 4.00. The van der Waals surface area contributed by atoms with Crippen LogP contribution in [0.15, 0.2) is 24.4 Å². The van der Waals surface area contributed by atoms with Crippen LogP contribution in [-0.2, 0) is 6.18 Å². The van der Waals surface area contributed by atoms with Crippen molar-refractivity contribution in [1.82, 2.24) is 4.98 Å². The van der Waals surface area contributed by atoms with E-state index in [0.717, 1.165) is 6.07 Å². The predicted octanol–water partition coefficient (Wildman–Crippen LogP) is 3.75. The average Bonchev–Trinajstić information content (AvgIpc) is 2.40. The fourth-order valence-electron chi connectivity index (χ4n) is 1.39. The van der Waals surface area contributed by atoms with Gasteiger partial charge >= 0.3 is 6.18 Å². The topological polar surface area (TPSA) is 42.0 Å². The first-order valence-corrected chi connectivity index (χ1v) is 5.79. The molecule has 0 saturated carbocycles. The smallest absolute Gasteiger partial charge is 0.315 e. The first-order valence-electron chi connectivity index (χ1n) is 5.41. The van der Waals surface area contributed by atoms with E-state index in [2.05, 4.69) is 22.4 Å². The summed E-state index contributed by atoms with van der Waals surface area (Å²) in [5.74, 6) is -1.61. The summed E-state index contributed by atoms with van der Waals surface area (Å²) in [6.45, 7) is 0. The standard InChI is InChI=1S/C13H5ClF4N2O/c14-11-10(5-7(6-19-11)13(16,17)18)12(21)20-9-3-1-8(15)2-4-9/h1,3,5-6H,(H,20,21). The molecule has 3 nitrogen and oxygen atoms in total. The molecule has 2 rings (SSSR count). The minimum Gasteiger partial charge on any atom is -0.315 e. The van der Waals surface area contributed by atoms with Gasteiger partial charge in [0.05, 0.1) is 16.8 Å². The molecule has 108 valence electrons. The van der Waals surface area contributed by atoms with Crippen LogP contribution in [0, 0.1) is 17.9 Å². The molecule has 1 N–H and O–H groups in total. The van der Waals surface area contributed by atoms with Crippen LogP contribution in [0.3, 0.4) is 0 Å². The fraction of sp³-hybridized carbons (Fsp3) is 0.0769. The number of carbonyl (C=O) groups is 1. The van der Waals surface area contributed by atoms with E-state index >= 15 is 0 Å².